The first-order valence-electron chi connectivity index (χ1n) is 21.0. The number of benzene rings is 10. The Morgan fingerprint density at radius 2 is 0.806 bits per heavy atom. The highest BCUT2D eigenvalue weighted by Crippen LogP contribution is 2.43. The molecule has 0 bridgehead atoms. The number of nitrogens with zero attached hydrogens (tertiary/aromatic N) is 1. The summed E-state index contributed by atoms with van der Waals surface area (Å²) in [6.07, 6.45) is 0. The summed E-state index contributed by atoms with van der Waals surface area (Å²) in [7, 11) is 0. The summed E-state index contributed by atoms with van der Waals surface area (Å²) in [5.41, 5.74) is 12.3. The topological polar surface area (TPSA) is 16.4 Å². The Hall–Kier alpha value is -7.50. The maximum absolute atomic E-state index is 6.55. The van der Waals surface area contributed by atoms with Crippen LogP contribution >= 0.6 is 22.7 Å². The van der Waals surface area contributed by atoms with Crippen molar-refractivity contribution in [2.45, 2.75) is 0 Å². The normalized spacial score (nSPS) is 11.9. The first kappa shape index (κ1) is 35.3. The second-order valence-electron chi connectivity index (χ2n) is 16.0. The highest BCUT2D eigenvalue weighted by molar-refractivity contribution is 7.26. The van der Waals surface area contributed by atoms with Crippen LogP contribution in [0.15, 0.2) is 217 Å². The molecule has 0 radical (unpaired) electrons. The zero-order valence-electron chi connectivity index (χ0n) is 33.4. The van der Waals surface area contributed by atoms with Gasteiger partial charge in [0.1, 0.15) is 11.2 Å². The standard InChI is InChI=1S/C58H35NOS2/c1-2-9-46-38(8-1)22-31-49-57-45(12-7-13-52(57)60-58(46)49)39-20-29-44(30-21-39)59(42-25-16-36(17-26-42)40-23-32-55-50(34-40)47-10-3-5-14-53(47)61-55)43-27-18-37(19-28-43)41-24-33-56-51(35-41)48-11-4-6-15-54(48)62-56/h1-35H. The summed E-state index contributed by atoms with van der Waals surface area (Å²) in [6.45, 7) is 0. The van der Waals surface area contributed by atoms with Gasteiger partial charge in [-0.1, -0.05) is 127 Å². The van der Waals surface area contributed by atoms with Crippen molar-refractivity contribution in [1.29, 1.82) is 0 Å². The lowest BCUT2D eigenvalue weighted by Gasteiger charge is -2.26. The molecule has 0 N–H and O–H groups in total. The quantitative estimate of drug-likeness (QED) is 0.166. The van der Waals surface area contributed by atoms with Crippen LogP contribution in [0.25, 0.3) is 106 Å². The Bertz CT molecular complexity index is 3700. The molecule has 0 saturated heterocycles. The molecule has 3 heterocycles. The molecule has 0 spiro atoms. The van der Waals surface area contributed by atoms with Gasteiger partial charge >= 0.3 is 0 Å². The molecular formula is C58H35NOS2. The van der Waals surface area contributed by atoms with Crippen molar-refractivity contribution in [2.24, 2.45) is 0 Å². The van der Waals surface area contributed by atoms with Gasteiger partial charge in [-0.25, -0.2) is 0 Å². The molecule has 2 nitrogen and oxygen atoms in total. The molecule has 0 amide bonds. The zero-order valence-corrected chi connectivity index (χ0v) is 35.0. The molecule has 0 saturated carbocycles. The van der Waals surface area contributed by atoms with Crippen molar-refractivity contribution in [1.82, 2.24) is 0 Å². The second kappa shape index (κ2) is 14.0. The van der Waals surface area contributed by atoms with E-state index in [1.54, 1.807) is 0 Å². The van der Waals surface area contributed by atoms with E-state index in [4.69, 9.17) is 4.42 Å². The minimum Gasteiger partial charge on any atom is -0.455 e. The van der Waals surface area contributed by atoms with Crippen molar-refractivity contribution in [3.63, 3.8) is 0 Å². The Balaban J connectivity index is 0.899. The number of hydrogen-bond acceptors (Lipinski definition) is 4. The van der Waals surface area contributed by atoms with Crippen LogP contribution in [0, 0.1) is 0 Å². The molecule has 4 heteroatoms. The molecule has 62 heavy (non-hydrogen) atoms. The first-order valence-corrected chi connectivity index (χ1v) is 22.6. The van der Waals surface area contributed by atoms with Gasteiger partial charge in [0.15, 0.2) is 0 Å². The van der Waals surface area contributed by atoms with E-state index in [2.05, 4.69) is 217 Å². The maximum atomic E-state index is 6.55. The van der Waals surface area contributed by atoms with Crippen LogP contribution in [-0.2, 0) is 0 Å². The fraction of sp³-hybridized carbons (Fsp3) is 0. The van der Waals surface area contributed by atoms with Crippen molar-refractivity contribution in [3.8, 4) is 33.4 Å². The van der Waals surface area contributed by atoms with Crippen molar-refractivity contribution in [2.75, 3.05) is 4.90 Å². The number of anilines is 3. The van der Waals surface area contributed by atoms with E-state index in [9.17, 15) is 0 Å². The van der Waals surface area contributed by atoms with Gasteiger partial charge in [-0.2, -0.15) is 0 Å². The van der Waals surface area contributed by atoms with Gasteiger partial charge in [-0.3, -0.25) is 0 Å². The molecular weight excluding hydrogens is 791 g/mol. The van der Waals surface area contributed by atoms with Crippen LogP contribution < -0.4 is 4.90 Å². The van der Waals surface area contributed by atoms with Gasteiger partial charge in [0.25, 0.3) is 0 Å². The van der Waals surface area contributed by atoms with E-state index in [-0.39, 0.29) is 0 Å². The Morgan fingerprint density at radius 1 is 0.323 bits per heavy atom. The SMILES string of the molecule is c1ccc2c(c1)ccc1c2oc2cccc(-c3ccc(N(c4ccc(-c5ccc6sc7ccccc7c6c5)cc4)c4ccc(-c5ccc6sc7ccccc7c6c5)cc4)cc3)c21. The monoisotopic (exact) mass is 825 g/mol. The average Bonchev–Trinajstić information content (AvgIpc) is 4.03. The minimum atomic E-state index is 0.900. The smallest absolute Gasteiger partial charge is 0.143 e. The number of hydrogen-bond donors (Lipinski definition) is 0. The maximum Gasteiger partial charge on any atom is 0.143 e. The van der Waals surface area contributed by atoms with Gasteiger partial charge in [0.05, 0.1) is 0 Å². The van der Waals surface area contributed by atoms with Crippen molar-refractivity contribution >= 4 is 113 Å². The fourth-order valence-electron chi connectivity index (χ4n) is 9.45. The van der Waals surface area contributed by atoms with E-state index in [1.807, 2.05) is 22.7 Å². The van der Waals surface area contributed by atoms with E-state index >= 15 is 0 Å². The summed E-state index contributed by atoms with van der Waals surface area (Å²) >= 11 is 3.72. The predicted octanol–water partition coefficient (Wildman–Crippen LogP) is 17.9. The molecule has 290 valence electrons. The average molecular weight is 826 g/mol. The molecule has 0 aliphatic heterocycles. The summed E-state index contributed by atoms with van der Waals surface area (Å²) in [6, 6.07) is 77.5. The lowest BCUT2D eigenvalue weighted by molar-refractivity contribution is 0.673. The summed E-state index contributed by atoms with van der Waals surface area (Å²) in [4.78, 5) is 2.36. The fourth-order valence-corrected chi connectivity index (χ4v) is 11.6. The summed E-state index contributed by atoms with van der Waals surface area (Å²) in [5.74, 6) is 0. The number of furan rings is 1. The van der Waals surface area contributed by atoms with Gasteiger partial charge in [0, 0.05) is 73.6 Å². The molecule has 0 aliphatic carbocycles. The molecule has 10 aromatic carbocycles. The van der Waals surface area contributed by atoms with E-state index in [1.165, 1.54) is 68.0 Å². The van der Waals surface area contributed by atoms with E-state index in [0.29, 0.717) is 0 Å². The van der Waals surface area contributed by atoms with Gasteiger partial charge in [-0.05, 0) is 124 Å². The molecule has 13 aromatic rings. The van der Waals surface area contributed by atoms with Crippen molar-refractivity contribution in [3.05, 3.63) is 212 Å². The molecule has 0 aliphatic rings. The number of fused-ring (bicyclic) bond motifs is 11. The third kappa shape index (κ3) is 5.69. The van der Waals surface area contributed by atoms with E-state index in [0.717, 1.165) is 55.5 Å². The highest BCUT2D eigenvalue weighted by atomic mass is 32.1. The molecule has 0 atom stereocenters. The largest absolute Gasteiger partial charge is 0.455 e. The summed E-state index contributed by atoms with van der Waals surface area (Å²) < 4.78 is 11.8. The zero-order chi connectivity index (χ0) is 40.7. The highest BCUT2D eigenvalue weighted by Gasteiger charge is 2.18. The van der Waals surface area contributed by atoms with Crippen molar-refractivity contribution < 1.29 is 4.42 Å². The summed E-state index contributed by atoms with van der Waals surface area (Å²) in [5, 5.41) is 9.86. The van der Waals surface area contributed by atoms with Crippen LogP contribution in [-0.4, -0.2) is 0 Å². The van der Waals surface area contributed by atoms with Gasteiger partial charge < -0.3 is 9.32 Å². The molecule has 3 aromatic heterocycles. The molecule has 0 fully saturated rings. The third-order valence-corrected chi connectivity index (χ3v) is 14.8. The first-order chi connectivity index (χ1) is 30.7. The molecule has 13 rings (SSSR count). The van der Waals surface area contributed by atoms with Gasteiger partial charge in [0.2, 0.25) is 0 Å². The second-order valence-corrected chi connectivity index (χ2v) is 18.2. The molecule has 0 unspecified atom stereocenters. The Labute approximate surface area is 365 Å². The minimum absolute atomic E-state index is 0.900. The number of thiophene rings is 2. The third-order valence-electron chi connectivity index (χ3n) is 12.5. The Kier molecular flexibility index (Phi) is 7.99. The lowest BCUT2D eigenvalue weighted by Crippen LogP contribution is -2.09. The lowest BCUT2D eigenvalue weighted by atomic mass is 9.97. The number of rotatable bonds is 6. The van der Waals surface area contributed by atoms with Crippen LogP contribution in [0.1, 0.15) is 0 Å². The van der Waals surface area contributed by atoms with Crippen LogP contribution in [0.3, 0.4) is 0 Å². The van der Waals surface area contributed by atoms with E-state index < -0.39 is 0 Å². The van der Waals surface area contributed by atoms with Gasteiger partial charge in [-0.15, -0.1) is 22.7 Å². The van der Waals surface area contributed by atoms with Crippen LogP contribution in [0.4, 0.5) is 17.1 Å². The predicted molar refractivity (Wildman–Crippen MR) is 268 cm³/mol. The Morgan fingerprint density at radius 3 is 1.39 bits per heavy atom. The van der Waals surface area contributed by atoms with Crippen LogP contribution in [0.2, 0.25) is 0 Å². The van der Waals surface area contributed by atoms with Crippen LogP contribution in [0.5, 0.6) is 0 Å².